The summed E-state index contributed by atoms with van der Waals surface area (Å²) < 4.78 is 18.7. The summed E-state index contributed by atoms with van der Waals surface area (Å²) in [5.41, 5.74) is 6.25. The first-order chi connectivity index (χ1) is 10.7. The quantitative estimate of drug-likeness (QED) is 0.473. The van der Waals surface area contributed by atoms with E-state index in [1.54, 1.807) is 0 Å². The van der Waals surface area contributed by atoms with E-state index < -0.39 is 8.80 Å². The van der Waals surface area contributed by atoms with E-state index in [2.05, 4.69) is 48.5 Å². The zero-order valence-electron chi connectivity index (χ0n) is 16.6. The molecule has 0 aromatic carbocycles. The second-order valence-corrected chi connectivity index (χ2v) is 10.5. The van der Waals surface area contributed by atoms with Gasteiger partial charge in [0.25, 0.3) is 0 Å². The van der Waals surface area contributed by atoms with Crippen LogP contribution >= 0.6 is 0 Å². The van der Waals surface area contributed by atoms with Crippen molar-refractivity contribution in [2.75, 3.05) is 19.8 Å². The molecule has 0 radical (unpaired) electrons. The fourth-order valence-corrected chi connectivity index (χ4v) is 4.61. The Bertz CT molecular complexity index is 249. The average Bonchev–Trinajstić information content (AvgIpc) is 2.44. The lowest BCUT2D eigenvalue weighted by Gasteiger charge is -2.34. The van der Waals surface area contributed by atoms with Crippen LogP contribution in [-0.2, 0) is 13.3 Å². The Labute approximate surface area is 145 Å². The fourth-order valence-electron chi connectivity index (χ4n) is 2.01. The van der Waals surface area contributed by atoms with E-state index in [4.69, 9.17) is 19.0 Å². The first-order valence-corrected chi connectivity index (χ1v) is 11.2. The van der Waals surface area contributed by atoms with Crippen molar-refractivity contribution in [3.05, 3.63) is 0 Å². The van der Waals surface area contributed by atoms with Gasteiger partial charge in [-0.05, 0) is 43.4 Å². The predicted octanol–water partition coefficient (Wildman–Crippen LogP) is 4.39. The van der Waals surface area contributed by atoms with Crippen LogP contribution < -0.4 is 5.73 Å². The summed E-state index contributed by atoms with van der Waals surface area (Å²) in [4.78, 5) is 0. The lowest BCUT2D eigenvalue weighted by Crippen LogP contribution is -2.60. The molecule has 0 rings (SSSR count). The van der Waals surface area contributed by atoms with Crippen molar-refractivity contribution in [1.82, 2.24) is 0 Å². The normalized spacial score (nSPS) is 14.2. The van der Waals surface area contributed by atoms with Crippen molar-refractivity contribution in [1.29, 1.82) is 0 Å². The van der Waals surface area contributed by atoms with E-state index >= 15 is 0 Å². The third-order valence-corrected chi connectivity index (χ3v) is 7.03. The van der Waals surface area contributed by atoms with Crippen LogP contribution in [0.25, 0.3) is 0 Å². The molecule has 0 amide bonds. The molecule has 2 N–H and O–H groups in total. The van der Waals surface area contributed by atoms with Crippen LogP contribution in [0.3, 0.4) is 0 Å². The summed E-state index contributed by atoms with van der Waals surface area (Å²) in [7, 11) is -2.82. The fraction of sp³-hybridized carbons (Fsp3) is 1.00. The summed E-state index contributed by atoms with van der Waals surface area (Å²) >= 11 is 0. The summed E-state index contributed by atoms with van der Waals surface area (Å²) in [5.74, 6) is 1.81. The van der Waals surface area contributed by atoms with Gasteiger partial charge in [0.05, 0.1) is 5.67 Å². The van der Waals surface area contributed by atoms with E-state index in [-0.39, 0.29) is 5.67 Å². The van der Waals surface area contributed by atoms with Crippen LogP contribution in [-0.4, -0.2) is 34.3 Å². The molecule has 0 aliphatic carbocycles. The highest BCUT2D eigenvalue weighted by Gasteiger charge is 2.47. The number of hydrogen-bond acceptors (Lipinski definition) is 4. The molecule has 5 heteroatoms. The molecule has 0 aromatic heterocycles. The van der Waals surface area contributed by atoms with Crippen molar-refractivity contribution < 1.29 is 13.3 Å². The third-order valence-electron chi connectivity index (χ3n) is 3.89. The minimum atomic E-state index is -2.82. The molecule has 140 valence electrons. The third kappa shape index (κ3) is 10.5. The highest BCUT2D eigenvalue weighted by molar-refractivity contribution is 6.62. The van der Waals surface area contributed by atoms with Crippen molar-refractivity contribution in [2.24, 2.45) is 23.5 Å². The number of rotatable bonds is 14. The molecule has 0 fully saturated rings. The van der Waals surface area contributed by atoms with Gasteiger partial charge in [-0.15, -0.1) is 0 Å². The molecule has 23 heavy (non-hydrogen) atoms. The largest absolute Gasteiger partial charge is 0.518 e. The van der Waals surface area contributed by atoms with Gasteiger partial charge in [0, 0.05) is 19.8 Å². The SMILES string of the molecule is CCC(N)[Si](OCCC(C)C)(OCCC(C)C)OCCC(C)C. The number of hydrogen-bond donors (Lipinski definition) is 1. The molecule has 0 saturated heterocycles. The zero-order chi connectivity index (χ0) is 17.9. The Balaban J connectivity index is 4.86. The van der Waals surface area contributed by atoms with Crippen molar-refractivity contribution >= 4 is 8.80 Å². The Morgan fingerprint density at radius 1 is 0.696 bits per heavy atom. The second-order valence-electron chi connectivity index (χ2n) is 7.71. The van der Waals surface area contributed by atoms with Gasteiger partial charge in [0.15, 0.2) is 0 Å². The highest BCUT2D eigenvalue weighted by atomic mass is 28.4. The minimum absolute atomic E-state index is 0.144. The monoisotopic (exact) mass is 347 g/mol. The first-order valence-electron chi connectivity index (χ1n) is 9.40. The molecule has 1 atom stereocenters. The minimum Gasteiger partial charge on any atom is -0.373 e. The zero-order valence-corrected chi connectivity index (χ0v) is 17.6. The Morgan fingerprint density at radius 3 is 1.22 bits per heavy atom. The standard InChI is InChI=1S/C18H41NO3Si/c1-8-18(19)23(20-12-9-15(2)3,21-13-10-16(4)5)22-14-11-17(6)7/h15-18H,8-14,19H2,1-7H3. The van der Waals surface area contributed by atoms with E-state index in [9.17, 15) is 0 Å². The van der Waals surface area contributed by atoms with Gasteiger partial charge in [-0.1, -0.05) is 48.5 Å². The van der Waals surface area contributed by atoms with Crippen molar-refractivity contribution in [2.45, 2.75) is 79.8 Å². The van der Waals surface area contributed by atoms with Gasteiger partial charge in [0.2, 0.25) is 0 Å². The van der Waals surface area contributed by atoms with Crippen molar-refractivity contribution in [3.63, 3.8) is 0 Å². The maximum atomic E-state index is 6.39. The molecule has 0 aromatic rings. The predicted molar refractivity (Wildman–Crippen MR) is 100 cm³/mol. The van der Waals surface area contributed by atoms with Crippen LogP contribution in [0.15, 0.2) is 0 Å². The van der Waals surface area contributed by atoms with E-state index in [0.717, 1.165) is 25.7 Å². The molecular formula is C18H41NO3Si. The average molecular weight is 348 g/mol. The Kier molecular flexibility index (Phi) is 12.5. The van der Waals surface area contributed by atoms with Gasteiger partial charge in [-0.25, -0.2) is 0 Å². The highest BCUT2D eigenvalue weighted by Crippen LogP contribution is 2.20. The van der Waals surface area contributed by atoms with Crippen LogP contribution in [0.2, 0.25) is 0 Å². The molecule has 0 saturated carbocycles. The molecule has 0 spiro atoms. The summed E-state index contributed by atoms with van der Waals surface area (Å²) in [6, 6.07) is 0. The maximum absolute atomic E-state index is 6.39. The van der Waals surface area contributed by atoms with E-state index in [1.807, 2.05) is 0 Å². The van der Waals surface area contributed by atoms with Crippen molar-refractivity contribution in [3.8, 4) is 0 Å². The molecule has 0 bridgehead atoms. The maximum Gasteiger partial charge on any atom is 0.518 e. The topological polar surface area (TPSA) is 53.7 Å². The van der Waals surface area contributed by atoms with Gasteiger partial charge in [0.1, 0.15) is 0 Å². The van der Waals surface area contributed by atoms with Crippen LogP contribution in [0, 0.1) is 17.8 Å². The van der Waals surface area contributed by atoms with Crippen LogP contribution in [0.5, 0.6) is 0 Å². The molecule has 0 aliphatic heterocycles. The Hall–Kier alpha value is 0.0569. The molecule has 0 aliphatic rings. The molecule has 1 unspecified atom stereocenters. The van der Waals surface area contributed by atoms with Crippen LogP contribution in [0.1, 0.15) is 74.1 Å². The summed E-state index contributed by atoms with van der Waals surface area (Å²) in [6.45, 7) is 17.3. The van der Waals surface area contributed by atoms with Gasteiger partial charge >= 0.3 is 8.80 Å². The molecule has 4 nitrogen and oxygen atoms in total. The van der Waals surface area contributed by atoms with Crippen LogP contribution in [0.4, 0.5) is 0 Å². The van der Waals surface area contributed by atoms with E-state index in [0.29, 0.717) is 37.6 Å². The van der Waals surface area contributed by atoms with E-state index in [1.165, 1.54) is 0 Å². The lowest BCUT2D eigenvalue weighted by atomic mass is 10.2. The van der Waals surface area contributed by atoms with Gasteiger partial charge < -0.3 is 19.0 Å². The van der Waals surface area contributed by atoms with Gasteiger partial charge in [-0.3, -0.25) is 0 Å². The smallest absolute Gasteiger partial charge is 0.373 e. The first kappa shape index (κ1) is 23.1. The van der Waals surface area contributed by atoms with Gasteiger partial charge in [-0.2, -0.15) is 0 Å². The molecule has 0 heterocycles. The second kappa shape index (κ2) is 12.4. The summed E-state index contributed by atoms with van der Waals surface area (Å²) in [6.07, 6.45) is 3.84. The Morgan fingerprint density at radius 2 is 1.00 bits per heavy atom. The summed E-state index contributed by atoms with van der Waals surface area (Å²) in [5, 5.41) is 0. The number of nitrogens with two attached hydrogens (primary N) is 1. The molecular weight excluding hydrogens is 306 g/mol. The lowest BCUT2D eigenvalue weighted by molar-refractivity contribution is 0.0417.